The topological polar surface area (TPSA) is 112 Å². The number of aliphatic hydroxyl groups excluding tert-OH is 1. The molecule has 0 unspecified atom stereocenters. The number of carbonyl (C=O) groups excluding carboxylic acids is 1. The first kappa shape index (κ1) is 41.9. The highest BCUT2D eigenvalue weighted by atomic mass is 28.4. The van der Waals surface area contributed by atoms with Gasteiger partial charge in [-0.25, -0.2) is 4.79 Å². The van der Waals surface area contributed by atoms with E-state index in [1.165, 1.54) is 4.57 Å². The van der Waals surface area contributed by atoms with E-state index in [2.05, 4.69) is 100 Å². The zero-order valence-corrected chi connectivity index (χ0v) is 36.5. The Balaban J connectivity index is 1.32. The Morgan fingerprint density at radius 1 is 0.678 bits per heavy atom. The maximum absolute atomic E-state index is 14.1. The highest BCUT2D eigenvalue weighted by molar-refractivity contribution is 7.00. The second-order valence-electron chi connectivity index (χ2n) is 17.1. The first-order valence-electron chi connectivity index (χ1n) is 20.1. The first-order valence-corrected chi connectivity index (χ1v) is 23.9. The minimum absolute atomic E-state index is 0.0267. The van der Waals surface area contributed by atoms with Crippen LogP contribution in [0, 0.1) is 0 Å². The summed E-state index contributed by atoms with van der Waals surface area (Å²) >= 11 is 0. The van der Waals surface area contributed by atoms with E-state index in [9.17, 15) is 14.7 Å². The second kappa shape index (κ2) is 17.1. The van der Waals surface area contributed by atoms with Crippen LogP contribution in [-0.4, -0.2) is 62.1 Å². The van der Waals surface area contributed by atoms with E-state index in [1.807, 2.05) is 78.9 Å². The van der Waals surface area contributed by atoms with Gasteiger partial charge in [0.25, 0.3) is 22.5 Å². The molecule has 0 spiro atoms. The third kappa shape index (κ3) is 8.19. The van der Waals surface area contributed by atoms with Gasteiger partial charge >= 0.3 is 5.69 Å². The summed E-state index contributed by atoms with van der Waals surface area (Å²) < 4.78 is 23.1. The van der Waals surface area contributed by atoms with E-state index in [1.54, 1.807) is 36.5 Å². The zero-order chi connectivity index (χ0) is 41.8. The minimum Gasteiger partial charge on any atom is -0.405 e. The number of anilines is 1. The van der Waals surface area contributed by atoms with Gasteiger partial charge in [-0.05, 0) is 49.0 Å². The van der Waals surface area contributed by atoms with Crippen LogP contribution in [0.25, 0.3) is 0 Å². The number of rotatable bonds is 12. The average molecular weight is 824 g/mol. The minimum atomic E-state index is -3.31. The molecule has 59 heavy (non-hydrogen) atoms. The average Bonchev–Trinajstić information content (AvgIpc) is 3.54. The molecule has 4 atom stereocenters. The molecule has 9 nitrogen and oxygen atoms in total. The van der Waals surface area contributed by atoms with Crippen molar-refractivity contribution in [3.63, 3.8) is 0 Å². The molecule has 1 aliphatic rings. The smallest absolute Gasteiger partial charge is 0.351 e. The molecule has 2 N–H and O–H groups in total. The van der Waals surface area contributed by atoms with Gasteiger partial charge in [-0.15, -0.1) is 0 Å². The number of nitrogens with zero attached hydrogens (tertiary/aromatic N) is 2. The number of ether oxygens (including phenoxy) is 1. The fraction of sp³-hybridized carbons (Fsp3) is 0.271. The van der Waals surface area contributed by atoms with Crippen molar-refractivity contribution in [3.8, 4) is 0 Å². The Bertz CT molecular complexity index is 2290. The van der Waals surface area contributed by atoms with Gasteiger partial charge in [-0.1, -0.05) is 181 Å². The SMILES string of the molecule is CC(C)(C)[Si](OC[C@H]1O[C@@H](n2ccc(NC(=O)c3ccccc3)nc2=O)[C@H](O[Si](c2ccccc2)(c2ccccc2)C(C)(C)C)[C@@H]1O)(c1ccccc1)c1ccccc1. The Hall–Kier alpha value is -5.28. The van der Waals surface area contributed by atoms with Crippen LogP contribution in [0.2, 0.25) is 10.1 Å². The molecule has 1 aliphatic heterocycles. The van der Waals surface area contributed by atoms with Crippen LogP contribution in [0.5, 0.6) is 0 Å². The monoisotopic (exact) mass is 823 g/mol. The number of aliphatic hydroxyl groups is 1. The number of amides is 1. The lowest BCUT2D eigenvalue weighted by molar-refractivity contribution is -0.0505. The lowest BCUT2D eigenvalue weighted by Gasteiger charge is -2.45. The standard InChI is InChI=1S/C48H53N3O6Si2/c1-47(2,3)58(36-24-14-8-15-25-36,37-26-16-9-17-27-37)55-34-40-42(52)43(57-59(48(4,5)6,38-28-18-10-19-29-38)39-30-20-11-21-31-39)45(56-40)51-33-32-41(50-46(51)54)49-44(53)35-22-12-7-13-23-35/h7-33,40,42-43,45,52H,34H2,1-6H3,(H,49,50,53,54)/t40-,42-,43-,45-/m1/s1. The van der Waals surface area contributed by atoms with E-state index >= 15 is 0 Å². The molecule has 1 amide bonds. The van der Waals surface area contributed by atoms with Gasteiger partial charge in [-0.2, -0.15) is 4.98 Å². The van der Waals surface area contributed by atoms with Gasteiger partial charge in [0.05, 0.1) is 6.61 Å². The second-order valence-corrected chi connectivity index (χ2v) is 25.7. The summed E-state index contributed by atoms with van der Waals surface area (Å²) in [5.74, 6) is -0.300. The van der Waals surface area contributed by atoms with Crippen molar-refractivity contribution in [1.29, 1.82) is 0 Å². The van der Waals surface area contributed by atoms with Crippen LogP contribution < -0.4 is 31.8 Å². The van der Waals surface area contributed by atoms with Crippen molar-refractivity contribution in [2.75, 3.05) is 11.9 Å². The molecule has 11 heteroatoms. The Morgan fingerprint density at radius 2 is 1.10 bits per heavy atom. The van der Waals surface area contributed by atoms with Gasteiger partial charge in [0, 0.05) is 11.8 Å². The maximum atomic E-state index is 14.1. The van der Waals surface area contributed by atoms with Crippen molar-refractivity contribution in [1.82, 2.24) is 9.55 Å². The number of carbonyl (C=O) groups is 1. The van der Waals surface area contributed by atoms with Crippen LogP contribution in [0.1, 0.15) is 58.1 Å². The Morgan fingerprint density at radius 3 is 1.53 bits per heavy atom. The Kier molecular flexibility index (Phi) is 12.2. The summed E-state index contributed by atoms with van der Waals surface area (Å²) in [6, 6.07) is 51.2. The fourth-order valence-electron chi connectivity index (χ4n) is 8.53. The third-order valence-corrected chi connectivity index (χ3v) is 21.3. The van der Waals surface area contributed by atoms with Crippen molar-refractivity contribution in [3.05, 3.63) is 180 Å². The summed E-state index contributed by atoms with van der Waals surface area (Å²) in [6.07, 6.45) is -2.70. The highest BCUT2D eigenvalue weighted by Gasteiger charge is 2.58. The molecular weight excluding hydrogens is 771 g/mol. The van der Waals surface area contributed by atoms with Crippen molar-refractivity contribution < 1.29 is 23.5 Å². The molecule has 0 bridgehead atoms. The number of hydrogen-bond donors (Lipinski definition) is 2. The predicted octanol–water partition coefficient (Wildman–Crippen LogP) is 6.28. The molecule has 0 aliphatic carbocycles. The number of hydrogen-bond acceptors (Lipinski definition) is 7. The lowest BCUT2D eigenvalue weighted by Crippen LogP contribution is -2.69. The van der Waals surface area contributed by atoms with Crippen LogP contribution >= 0.6 is 0 Å². The van der Waals surface area contributed by atoms with Crippen molar-refractivity contribution >= 4 is 49.1 Å². The fourth-order valence-corrected chi connectivity index (χ4v) is 17.8. The summed E-state index contributed by atoms with van der Waals surface area (Å²) in [5.41, 5.74) is -0.235. The van der Waals surface area contributed by atoms with Gasteiger partial charge in [0.2, 0.25) is 0 Å². The van der Waals surface area contributed by atoms with E-state index in [0.717, 1.165) is 20.7 Å². The van der Waals surface area contributed by atoms with E-state index < -0.39 is 57.8 Å². The molecule has 7 rings (SSSR count). The third-order valence-electron chi connectivity index (χ3n) is 11.3. The van der Waals surface area contributed by atoms with E-state index in [-0.39, 0.29) is 17.5 Å². The molecule has 5 aromatic carbocycles. The van der Waals surface area contributed by atoms with Gasteiger partial charge < -0.3 is 24.0 Å². The van der Waals surface area contributed by atoms with Crippen LogP contribution in [0.3, 0.4) is 0 Å². The number of aromatic nitrogens is 2. The molecule has 1 saturated heterocycles. The molecular formula is C48H53N3O6Si2. The van der Waals surface area contributed by atoms with Crippen LogP contribution in [-0.2, 0) is 13.6 Å². The van der Waals surface area contributed by atoms with Crippen molar-refractivity contribution in [2.45, 2.75) is 76.2 Å². The lowest BCUT2D eigenvalue weighted by atomic mass is 10.1. The zero-order valence-electron chi connectivity index (χ0n) is 34.5. The largest absolute Gasteiger partial charge is 0.405 e. The summed E-state index contributed by atoms with van der Waals surface area (Å²) in [4.78, 5) is 31.4. The first-order chi connectivity index (χ1) is 28.3. The number of benzene rings is 5. The van der Waals surface area contributed by atoms with Gasteiger partial charge in [0.15, 0.2) is 6.23 Å². The van der Waals surface area contributed by atoms with Crippen molar-refractivity contribution in [2.24, 2.45) is 0 Å². The van der Waals surface area contributed by atoms with E-state index in [4.69, 9.17) is 13.6 Å². The molecule has 2 heterocycles. The summed E-state index contributed by atoms with van der Waals surface area (Å²) in [6.45, 7) is 13.1. The molecule has 304 valence electrons. The summed E-state index contributed by atoms with van der Waals surface area (Å²) in [5, 5.41) is 18.8. The number of nitrogens with one attached hydrogen (secondary N) is 1. The molecule has 0 radical (unpaired) electrons. The quantitative estimate of drug-likeness (QED) is 0.140. The highest BCUT2D eigenvalue weighted by Crippen LogP contribution is 2.43. The maximum Gasteiger partial charge on any atom is 0.351 e. The van der Waals surface area contributed by atoms with Crippen LogP contribution in [0.4, 0.5) is 5.82 Å². The Labute approximate surface area is 348 Å². The molecule has 0 saturated carbocycles. The normalized spacial score (nSPS) is 18.7. The van der Waals surface area contributed by atoms with Gasteiger partial charge in [0.1, 0.15) is 24.1 Å². The van der Waals surface area contributed by atoms with Gasteiger partial charge in [-0.3, -0.25) is 9.36 Å². The summed E-state index contributed by atoms with van der Waals surface area (Å²) in [7, 11) is -6.37. The van der Waals surface area contributed by atoms with Crippen LogP contribution in [0.15, 0.2) is 169 Å². The predicted molar refractivity (Wildman–Crippen MR) is 239 cm³/mol. The molecule has 6 aromatic rings. The van der Waals surface area contributed by atoms with E-state index in [0.29, 0.717) is 5.56 Å². The molecule has 1 fully saturated rings. The molecule has 1 aromatic heterocycles.